The van der Waals surface area contributed by atoms with E-state index in [-0.39, 0.29) is 17.5 Å². The van der Waals surface area contributed by atoms with Gasteiger partial charge in [-0.25, -0.2) is 4.39 Å². The van der Waals surface area contributed by atoms with Gasteiger partial charge < -0.3 is 4.98 Å². The van der Waals surface area contributed by atoms with Gasteiger partial charge in [-0.3, -0.25) is 0 Å². The molecular weight excluding hydrogens is 308 g/mol. The summed E-state index contributed by atoms with van der Waals surface area (Å²) in [6.07, 6.45) is -2.89. The van der Waals surface area contributed by atoms with Crippen LogP contribution in [-0.4, -0.2) is 4.98 Å². The second kappa shape index (κ2) is 5.43. The van der Waals surface area contributed by atoms with Crippen LogP contribution in [0.4, 0.5) is 17.6 Å². The highest BCUT2D eigenvalue weighted by Crippen LogP contribution is 2.37. The Bertz CT molecular complexity index is 916. The molecule has 1 heterocycles. The molecule has 1 aromatic heterocycles. The summed E-state index contributed by atoms with van der Waals surface area (Å²) in [6, 6.07) is 9.20. The van der Waals surface area contributed by atoms with Gasteiger partial charge in [0.2, 0.25) is 0 Å². The number of nitrogens with one attached hydrogen (secondary N) is 1. The van der Waals surface area contributed by atoms with Gasteiger partial charge >= 0.3 is 6.18 Å². The summed E-state index contributed by atoms with van der Waals surface area (Å²) in [6.45, 7) is 0. The summed E-state index contributed by atoms with van der Waals surface area (Å²) in [5.74, 6) is -0.629. The standard InChI is InChI=1S/C17H10F4N2/c18-13-4-5-14-16(11(6-7-22)9-23-14)15(13)10-2-1-3-12(8-10)17(19,20)21/h1-5,8-9,23H,6H2. The van der Waals surface area contributed by atoms with Gasteiger partial charge in [0.1, 0.15) is 5.82 Å². The third-order valence-electron chi connectivity index (χ3n) is 3.63. The molecule has 0 atom stereocenters. The van der Waals surface area contributed by atoms with E-state index in [1.165, 1.54) is 24.3 Å². The monoisotopic (exact) mass is 318 g/mol. The van der Waals surface area contributed by atoms with E-state index < -0.39 is 17.6 Å². The SMILES string of the molecule is N#CCc1c[nH]c2ccc(F)c(-c3cccc(C(F)(F)F)c3)c12. The second-order valence-corrected chi connectivity index (χ2v) is 5.07. The zero-order valence-corrected chi connectivity index (χ0v) is 11.7. The predicted molar refractivity (Wildman–Crippen MR) is 78.0 cm³/mol. The Morgan fingerprint density at radius 1 is 1.13 bits per heavy atom. The number of rotatable bonds is 2. The van der Waals surface area contributed by atoms with E-state index in [1.54, 1.807) is 6.20 Å². The first-order valence-electron chi connectivity index (χ1n) is 6.75. The Labute approximate surface area is 129 Å². The van der Waals surface area contributed by atoms with E-state index in [0.717, 1.165) is 12.1 Å². The van der Waals surface area contributed by atoms with Crippen molar-refractivity contribution in [2.75, 3.05) is 0 Å². The maximum Gasteiger partial charge on any atom is 0.416 e. The van der Waals surface area contributed by atoms with Crippen molar-refractivity contribution in [1.82, 2.24) is 4.98 Å². The highest BCUT2D eigenvalue weighted by molar-refractivity contribution is 5.98. The van der Waals surface area contributed by atoms with E-state index in [4.69, 9.17) is 5.26 Å². The number of alkyl halides is 3. The normalized spacial score (nSPS) is 11.6. The molecule has 0 aliphatic heterocycles. The molecule has 116 valence electrons. The summed E-state index contributed by atoms with van der Waals surface area (Å²) in [5.41, 5.74) is 0.476. The molecule has 0 aliphatic carbocycles. The largest absolute Gasteiger partial charge is 0.416 e. The predicted octanol–water partition coefficient (Wildman–Crippen LogP) is 5.06. The Morgan fingerprint density at radius 2 is 1.91 bits per heavy atom. The summed E-state index contributed by atoms with van der Waals surface area (Å²) >= 11 is 0. The van der Waals surface area contributed by atoms with Crippen molar-refractivity contribution < 1.29 is 17.6 Å². The van der Waals surface area contributed by atoms with Gasteiger partial charge in [0, 0.05) is 22.7 Å². The van der Waals surface area contributed by atoms with Crippen molar-refractivity contribution >= 4 is 10.9 Å². The molecule has 0 unspecified atom stereocenters. The Kier molecular flexibility index (Phi) is 3.57. The van der Waals surface area contributed by atoms with Crippen molar-refractivity contribution in [2.45, 2.75) is 12.6 Å². The molecule has 2 nitrogen and oxygen atoms in total. The van der Waals surface area contributed by atoms with Crippen LogP contribution in [0.1, 0.15) is 11.1 Å². The number of aromatic nitrogens is 1. The zero-order chi connectivity index (χ0) is 16.6. The summed E-state index contributed by atoms with van der Waals surface area (Å²) in [4.78, 5) is 2.92. The third-order valence-corrected chi connectivity index (χ3v) is 3.63. The first-order valence-corrected chi connectivity index (χ1v) is 6.75. The van der Waals surface area contributed by atoms with Crippen molar-refractivity contribution in [3.8, 4) is 17.2 Å². The molecule has 0 aliphatic rings. The van der Waals surface area contributed by atoms with Crippen LogP contribution >= 0.6 is 0 Å². The van der Waals surface area contributed by atoms with Gasteiger partial charge in [-0.05, 0) is 35.4 Å². The van der Waals surface area contributed by atoms with E-state index in [2.05, 4.69) is 4.98 Å². The molecule has 0 amide bonds. The highest BCUT2D eigenvalue weighted by atomic mass is 19.4. The Balaban J connectivity index is 2.30. The number of hydrogen-bond donors (Lipinski definition) is 1. The molecule has 0 bridgehead atoms. The van der Waals surface area contributed by atoms with Crippen LogP contribution in [0.3, 0.4) is 0 Å². The van der Waals surface area contributed by atoms with Crippen LogP contribution in [0.5, 0.6) is 0 Å². The van der Waals surface area contributed by atoms with E-state index in [0.29, 0.717) is 16.5 Å². The van der Waals surface area contributed by atoms with Crippen LogP contribution in [0.2, 0.25) is 0 Å². The number of hydrogen-bond acceptors (Lipinski definition) is 1. The molecule has 0 radical (unpaired) electrons. The number of fused-ring (bicyclic) bond motifs is 1. The van der Waals surface area contributed by atoms with Crippen molar-refractivity contribution in [2.24, 2.45) is 0 Å². The summed E-state index contributed by atoms with van der Waals surface area (Å²) in [5, 5.41) is 9.31. The van der Waals surface area contributed by atoms with Crippen LogP contribution < -0.4 is 0 Å². The molecule has 0 spiro atoms. The quantitative estimate of drug-likeness (QED) is 0.659. The van der Waals surface area contributed by atoms with Gasteiger partial charge in [-0.2, -0.15) is 18.4 Å². The first-order chi connectivity index (χ1) is 10.9. The van der Waals surface area contributed by atoms with E-state index >= 15 is 0 Å². The molecule has 0 saturated carbocycles. The lowest BCUT2D eigenvalue weighted by molar-refractivity contribution is -0.137. The van der Waals surface area contributed by atoms with Crippen molar-refractivity contribution in [1.29, 1.82) is 5.26 Å². The van der Waals surface area contributed by atoms with Gasteiger partial charge in [0.05, 0.1) is 18.1 Å². The third kappa shape index (κ3) is 2.66. The molecule has 0 saturated heterocycles. The fourth-order valence-corrected chi connectivity index (χ4v) is 2.63. The average Bonchev–Trinajstić information content (AvgIpc) is 2.90. The highest BCUT2D eigenvalue weighted by Gasteiger charge is 2.30. The molecule has 6 heteroatoms. The number of nitriles is 1. The van der Waals surface area contributed by atoms with Crippen molar-refractivity contribution in [3.63, 3.8) is 0 Å². The van der Waals surface area contributed by atoms with Crippen molar-refractivity contribution in [3.05, 3.63) is 59.5 Å². The second-order valence-electron chi connectivity index (χ2n) is 5.07. The van der Waals surface area contributed by atoms with Crippen LogP contribution in [0.15, 0.2) is 42.6 Å². The number of nitrogens with zero attached hydrogens (tertiary/aromatic N) is 1. The molecule has 0 fully saturated rings. The molecule has 23 heavy (non-hydrogen) atoms. The van der Waals surface area contributed by atoms with Gasteiger partial charge in [0.15, 0.2) is 0 Å². The minimum atomic E-state index is -4.51. The van der Waals surface area contributed by atoms with Gasteiger partial charge in [-0.15, -0.1) is 0 Å². The van der Waals surface area contributed by atoms with Gasteiger partial charge in [0.25, 0.3) is 0 Å². The van der Waals surface area contributed by atoms with Crippen LogP contribution in [-0.2, 0) is 12.6 Å². The van der Waals surface area contributed by atoms with Crippen LogP contribution in [0, 0.1) is 17.1 Å². The topological polar surface area (TPSA) is 39.6 Å². The zero-order valence-electron chi connectivity index (χ0n) is 11.7. The molecule has 3 aromatic rings. The van der Waals surface area contributed by atoms with E-state index in [9.17, 15) is 17.6 Å². The number of H-pyrrole nitrogens is 1. The lowest BCUT2D eigenvalue weighted by atomic mass is 9.96. The summed E-state index contributed by atoms with van der Waals surface area (Å²) in [7, 11) is 0. The number of halogens is 4. The maximum atomic E-state index is 14.4. The fraction of sp³-hybridized carbons (Fsp3) is 0.118. The maximum absolute atomic E-state index is 14.4. The lowest BCUT2D eigenvalue weighted by Crippen LogP contribution is -2.04. The Morgan fingerprint density at radius 3 is 2.61 bits per heavy atom. The molecule has 2 aromatic carbocycles. The van der Waals surface area contributed by atoms with E-state index in [1.807, 2.05) is 6.07 Å². The average molecular weight is 318 g/mol. The molecule has 3 rings (SSSR count). The summed E-state index contributed by atoms with van der Waals surface area (Å²) < 4.78 is 53.0. The molecular formula is C17H10F4N2. The lowest BCUT2D eigenvalue weighted by Gasteiger charge is -2.11. The number of benzene rings is 2. The minimum Gasteiger partial charge on any atom is -0.361 e. The minimum absolute atomic E-state index is 0.0371. The Hall–Kier alpha value is -2.81. The van der Waals surface area contributed by atoms with Crippen LogP contribution in [0.25, 0.3) is 22.0 Å². The number of aromatic amines is 1. The first kappa shape index (κ1) is 15.1. The molecule has 1 N–H and O–H groups in total. The van der Waals surface area contributed by atoms with Gasteiger partial charge in [-0.1, -0.05) is 12.1 Å². The fourth-order valence-electron chi connectivity index (χ4n) is 2.63. The smallest absolute Gasteiger partial charge is 0.361 e.